The second-order valence-electron chi connectivity index (χ2n) is 5.63. The zero-order chi connectivity index (χ0) is 17.1. The van der Waals surface area contributed by atoms with E-state index in [0.29, 0.717) is 17.9 Å². The maximum absolute atomic E-state index is 12.2. The largest absolute Gasteiger partial charge is 0.497 e. The summed E-state index contributed by atoms with van der Waals surface area (Å²) in [7, 11) is 3.21. The number of aryl methyl sites for hydroxylation is 1. The van der Waals surface area contributed by atoms with Crippen LogP contribution in [0.2, 0.25) is 0 Å². The van der Waals surface area contributed by atoms with E-state index in [1.54, 1.807) is 20.3 Å². The first-order valence-corrected chi connectivity index (χ1v) is 7.69. The highest BCUT2D eigenvalue weighted by atomic mass is 16.5. The Morgan fingerprint density at radius 2 is 1.88 bits per heavy atom. The summed E-state index contributed by atoms with van der Waals surface area (Å²) in [6, 6.07) is 13.4. The molecule has 0 aliphatic heterocycles. The van der Waals surface area contributed by atoms with Crippen LogP contribution < -0.4 is 20.3 Å². The summed E-state index contributed by atoms with van der Waals surface area (Å²) in [6.07, 6.45) is 0. The van der Waals surface area contributed by atoms with E-state index in [0.717, 1.165) is 27.9 Å². The number of hydrogen-bond acceptors (Lipinski definition) is 4. The van der Waals surface area contributed by atoms with Gasteiger partial charge in [0.2, 0.25) is 0 Å². The number of rotatable bonds is 5. The predicted octanol–water partition coefficient (Wildman–Crippen LogP) is 3.47. The van der Waals surface area contributed by atoms with Gasteiger partial charge in [0.25, 0.3) is 5.56 Å². The van der Waals surface area contributed by atoms with Crippen LogP contribution in [0.5, 0.6) is 11.5 Å². The standard InChI is InChI=1S/C19H20N2O3/c1-12-4-6-16-13(8-12)9-14(19(22)21-16)11-20-17-7-5-15(23-2)10-18(17)24-3/h4-10,20H,11H2,1-3H3,(H,21,22). The van der Waals surface area contributed by atoms with Crippen molar-refractivity contribution in [1.82, 2.24) is 4.98 Å². The van der Waals surface area contributed by atoms with Gasteiger partial charge in [-0.15, -0.1) is 0 Å². The van der Waals surface area contributed by atoms with Gasteiger partial charge in [-0.2, -0.15) is 0 Å². The molecule has 124 valence electrons. The van der Waals surface area contributed by atoms with E-state index in [9.17, 15) is 4.79 Å². The molecule has 0 fully saturated rings. The lowest BCUT2D eigenvalue weighted by Gasteiger charge is -2.12. The van der Waals surface area contributed by atoms with Crippen LogP contribution in [0.4, 0.5) is 5.69 Å². The SMILES string of the molecule is COc1ccc(NCc2cc3cc(C)ccc3[nH]c2=O)c(OC)c1. The molecule has 24 heavy (non-hydrogen) atoms. The van der Waals surface area contributed by atoms with E-state index < -0.39 is 0 Å². The van der Waals surface area contributed by atoms with Crippen molar-refractivity contribution in [2.24, 2.45) is 0 Å². The molecule has 5 nitrogen and oxygen atoms in total. The van der Waals surface area contributed by atoms with Gasteiger partial charge in [-0.3, -0.25) is 4.79 Å². The van der Waals surface area contributed by atoms with E-state index in [4.69, 9.17) is 9.47 Å². The molecular formula is C19H20N2O3. The Morgan fingerprint density at radius 3 is 2.62 bits per heavy atom. The summed E-state index contributed by atoms with van der Waals surface area (Å²) in [5.41, 5.74) is 3.39. The van der Waals surface area contributed by atoms with Crippen LogP contribution in [0.3, 0.4) is 0 Å². The van der Waals surface area contributed by atoms with Gasteiger partial charge in [0, 0.05) is 23.7 Å². The third-order valence-electron chi connectivity index (χ3n) is 3.95. The number of H-pyrrole nitrogens is 1. The molecule has 2 N–H and O–H groups in total. The average molecular weight is 324 g/mol. The molecule has 0 saturated heterocycles. The van der Waals surface area contributed by atoms with Gasteiger partial charge >= 0.3 is 0 Å². The molecule has 0 bridgehead atoms. The molecule has 0 radical (unpaired) electrons. The molecule has 1 aromatic heterocycles. The van der Waals surface area contributed by atoms with E-state index in [-0.39, 0.29) is 5.56 Å². The lowest BCUT2D eigenvalue weighted by atomic mass is 10.1. The number of methoxy groups -OCH3 is 2. The summed E-state index contributed by atoms with van der Waals surface area (Å²) in [4.78, 5) is 15.2. The Balaban J connectivity index is 1.88. The van der Waals surface area contributed by atoms with E-state index >= 15 is 0 Å². The molecule has 0 spiro atoms. The Labute approximate surface area is 140 Å². The summed E-state index contributed by atoms with van der Waals surface area (Å²) < 4.78 is 10.6. The van der Waals surface area contributed by atoms with E-state index in [2.05, 4.69) is 16.4 Å². The summed E-state index contributed by atoms with van der Waals surface area (Å²) in [5, 5.41) is 4.27. The normalized spacial score (nSPS) is 10.6. The topological polar surface area (TPSA) is 63.3 Å². The number of aromatic nitrogens is 1. The number of aromatic amines is 1. The molecule has 0 aliphatic carbocycles. The fourth-order valence-corrected chi connectivity index (χ4v) is 2.64. The van der Waals surface area contributed by atoms with Crippen LogP contribution in [0.1, 0.15) is 11.1 Å². The number of nitrogens with one attached hydrogen (secondary N) is 2. The number of hydrogen-bond donors (Lipinski definition) is 2. The smallest absolute Gasteiger partial charge is 0.253 e. The zero-order valence-electron chi connectivity index (χ0n) is 14.0. The number of anilines is 1. The minimum Gasteiger partial charge on any atom is -0.497 e. The van der Waals surface area contributed by atoms with Crippen molar-refractivity contribution < 1.29 is 9.47 Å². The van der Waals surface area contributed by atoms with Gasteiger partial charge < -0.3 is 19.8 Å². The van der Waals surface area contributed by atoms with Crippen molar-refractivity contribution in [2.45, 2.75) is 13.5 Å². The molecule has 0 atom stereocenters. The molecule has 3 rings (SSSR count). The lowest BCUT2D eigenvalue weighted by molar-refractivity contribution is 0.395. The van der Waals surface area contributed by atoms with Crippen molar-refractivity contribution in [3.05, 3.63) is 63.9 Å². The molecule has 0 amide bonds. The summed E-state index contributed by atoms with van der Waals surface area (Å²) in [5.74, 6) is 1.39. The highest BCUT2D eigenvalue weighted by Gasteiger charge is 2.07. The monoisotopic (exact) mass is 324 g/mol. The lowest BCUT2D eigenvalue weighted by Crippen LogP contribution is -2.15. The zero-order valence-corrected chi connectivity index (χ0v) is 14.0. The number of fused-ring (bicyclic) bond motifs is 1. The fraction of sp³-hybridized carbons (Fsp3) is 0.211. The van der Waals surface area contributed by atoms with Crippen molar-refractivity contribution in [2.75, 3.05) is 19.5 Å². The van der Waals surface area contributed by atoms with Crippen molar-refractivity contribution in [3.8, 4) is 11.5 Å². The van der Waals surface area contributed by atoms with Gasteiger partial charge in [-0.25, -0.2) is 0 Å². The van der Waals surface area contributed by atoms with Crippen molar-refractivity contribution >= 4 is 16.6 Å². The van der Waals surface area contributed by atoms with Gasteiger partial charge in [-0.1, -0.05) is 11.6 Å². The number of ether oxygens (including phenoxy) is 2. The highest BCUT2D eigenvalue weighted by molar-refractivity contribution is 5.79. The maximum atomic E-state index is 12.2. The van der Waals surface area contributed by atoms with Crippen LogP contribution in [0, 0.1) is 6.92 Å². The van der Waals surface area contributed by atoms with Crippen LogP contribution in [-0.4, -0.2) is 19.2 Å². The first kappa shape index (κ1) is 15.9. The van der Waals surface area contributed by atoms with Crippen LogP contribution in [0.25, 0.3) is 10.9 Å². The molecule has 1 heterocycles. The molecule has 3 aromatic rings. The van der Waals surface area contributed by atoms with E-state index in [1.807, 2.05) is 37.3 Å². The maximum Gasteiger partial charge on any atom is 0.253 e. The van der Waals surface area contributed by atoms with Crippen molar-refractivity contribution in [3.63, 3.8) is 0 Å². The summed E-state index contributed by atoms with van der Waals surface area (Å²) in [6.45, 7) is 2.44. The second kappa shape index (κ2) is 6.66. The van der Waals surface area contributed by atoms with Crippen LogP contribution >= 0.6 is 0 Å². The van der Waals surface area contributed by atoms with Crippen LogP contribution in [0.15, 0.2) is 47.3 Å². The van der Waals surface area contributed by atoms with E-state index in [1.165, 1.54) is 0 Å². The Hall–Kier alpha value is -2.95. The average Bonchev–Trinajstić information content (AvgIpc) is 2.60. The Kier molecular flexibility index (Phi) is 4.42. The molecule has 0 aliphatic rings. The summed E-state index contributed by atoms with van der Waals surface area (Å²) >= 11 is 0. The Bertz CT molecular complexity index is 932. The molecular weight excluding hydrogens is 304 g/mol. The molecule has 2 aromatic carbocycles. The Morgan fingerprint density at radius 1 is 1.04 bits per heavy atom. The van der Waals surface area contributed by atoms with Gasteiger partial charge in [0.15, 0.2) is 0 Å². The predicted molar refractivity (Wildman–Crippen MR) is 96.2 cm³/mol. The minimum absolute atomic E-state index is 0.0914. The van der Waals surface area contributed by atoms with Gasteiger partial charge in [-0.05, 0) is 42.6 Å². The molecule has 5 heteroatoms. The number of benzene rings is 2. The fourth-order valence-electron chi connectivity index (χ4n) is 2.64. The van der Waals surface area contributed by atoms with Crippen LogP contribution in [-0.2, 0) is 6.54 Å². The van der Waals surface area contributed by atoms with Gasteiger partial charge in [0.05, 0.1) is 19.9 Å². The number of pyridine rings is 1. The van der Waals surface area contributed by atoms with Crippen molar-refractivity contribution in [1.29, 1.82) is 0 Å². The minimum atomic E-state index is -0.0914. The first-order chi connectivity index (χ1) is 11.6. The third-order valence-corrected chi connectivity index (χ3v) is 3.95. The molecule has 0 unspecified atom stereocenters. The molecule has 0 saturated carbocycles. The third kappa shape index (κ3) is 3.20. The first-order valence-electron chi connectivity index (χ1n) is 7.69. The quantitative estimate of drug-likeness (QED) is 0.754. The van der Waals surface area contributed by atoms with Gasteiger partial charge in [0.1, 0.15) is 11.5 Å². The second-order valence-corrected chi connectivity index (χ2v) is 5.63. The highest BCUT2D eigenvalue weighted by Crippen LogP contribution is 2.29.